The van der Waals surface area contributed by atoms with Crippen LogP contribution in [-0.4, -0.2) is 31.9 Å². The number of nitrogens with one attached hydrogen (secondary N) is 1. The van der Waals surface area contributed by atoms with Crippen LogP contribution >= 0.6 is 11.6 Å². The van der Waals surface area contributed by atoms with Crippen LogP contribution in [0.15, 0.2) is 24.3 Å². The molecule has 0 aliphatic carbocycles. The summed E-state index contributed by atoms with van der Waals surface area (Å²) in [5.74, 6) is 0. The van der Waals surface area contributed by atoms with Crippen molar-refractivity contribution in [3.63, 3.8) is 0 Å². The van der Waals surface area contributed by atoms with Crippen molar-refractivity contribution in [2.75, 3.05) is 6.54 Å². The van der Waals surface area contributed by atoms with Crippen LogP contribution in [0.25, 0.3) is 0 Å². The summed E-state index contributed by atoms with van der Waals surface area (Å²) in [4.78, 5) is 0. The summed E-state index contributed by atoms with van der Waals surface area (Å²) in [5.41, 5.74) is 0.718. The van der Waals surface area contributed by atoms with E-state index in [1.165, 1.54) is 0 Å². The van der Waals surface area contributed by atoms with Gasteiger partial charge in [0.1, 0.15) is 12.2 Å². The molecule has 106 valence electrons. The molecule has 0 spiro atoms. The van der Waals surface area contributed by atoms with E-state index < -0.39 is 28.8 Å². The van der Waals surface area contributed by atoms with E-state index in [1.54, 1.807) is 31.2 Å². The molecule has 2 N–H and O–H groups in total. The van der Waals surface area contributed by atoms with Gasteiger partial charge in [0, 0.05) is 17.1 Å². The maximum Gasteiger partial charge on any atom is 0.333 e. The molecular formula is C11H14ClNO5S. The maximum absolute atomic E-state index is 10.7. The minimum absolute atomic E-state index is 0.0982. The van der Waals surface area contributed by atoms with Crippen LogP contribution in [0.3, 0.4) is 0 Å². The minimum Gasteiger partial charge on any atom is -0.345 e. The number of hydrogen-bond acceptors (Lipinski definition) is 4. The summed E-state index contributed by atoms with van der Waals surface area (Å²) >= 11 is 6.08. The third kappa shape index (κ3) is 3.88. The van der Waals surface area contributed by atoms with Crippen molar-refractivity contribution in [3.8, 4) is 0 Å². The van der Waals surface area contributed by atoms with E-state index in [-0.39, 0.29) is 6.54 Å². The van der Waals surface area contributed by atoms with Crippen molar-refractivity contribution in [3.05, 3.63) is 34.9 Å². The molecule has 3 atom stereocenters. The van der Waals surface area contributed by atoms with Gasteiger partial charge in [-0.1, -0.05) is 29.8 Å². The number of hydrogen-bond donors (Lipinski definition) is 2. The summed E-state index contributed by atoms with van der Waals surface area (Å²) in [6.07, 6.45) is -1.52. The van der Waals surface area contributed by atoms with Crippen molar-refractivity contribution in [2.45, 2.75) is 25.4 Å². The highest BCUT2D eigenvalue weighted by Gasteiger charge is 2.36. The Morgan fingerprint density at radius 2 is 2.05 bits per heavy atom. The van der Waals surface area contributed by atoms with Crippen LogP contribution in [0.1, 0.15) is 18.6 Å². The standard InChI is InChI=1S/C11H14ClNO5S/c1-7-17-10(6-13-19(14,15)16)11(18-7)8-4-2-3-5-9(8)12/h2-5,7,10-11,13H,6H2,1H3,(H,14,15,16). The van der Waals surface area contributed by atoms with Crippen molar-refractivity contribution >= 4 is 21.9 Å². The quantitative estimate of drug-likeness (QED) is 0.824. The average molecular weight is 308 g/mol. The predicted octanol–water partition coefficient (Wildman–Crippen LogP) is 1.53. The van der Waals surface area contributed by atoms with E-state index >= 15 is 0 Å². The lowest BCUT2D eigenvalue weighted by Crippen LogP contribution is -2.34. The Morgan fingerprint density at radius 1 is 1.37 bits per heavy atom. The molecule has 1 aliphatic rings. The number of rotatable bonds is 4. The summed E-state index contributed by atoms with van der Waals surface area (Å²) in [6.45, 7) is 1.61. The molecule has 0 saturated carbocycles. The fourth-order valence-corrected chi connectivity index (χ4v) is 2.58. The highest BCUT2D eigenvalue weighted by Crippen LogP contribution is 2.35. The van der Waals surface area contributed by atoms with Gasteiger partial charge in [-0.2, -0.15) is 13.1 Å². The van der Waals surface area contributed by atoms with Gasteiger partial charge < -0.3 is 9.47 Å². The topological polar surface area (TPSA) is 84.9 Å². The molecule has 1 aliphatic heterocycles. The van der Waals surface area contributed by atoms with Crippen molar-refractivity contribution in [1.29, 1.82) is 0 Å². The Balaban J connectivity index is 2.16. The molecular weight excluding hydrogens is 294 g/mol. The molecule has 0 aromatic heterocycles. The van der Waals surface area contributed by atoms with E-state index in [0.717, 1.165) is 5.56 Å². The second-order valence-electron chi connectivity index (χ2n) is 4.14. The zero-order chi connectivity index (χ0) is 14.0. The fourth-order valence-electron chi connectivity index (χ4n) is 1.97. The lowest BCUT2D eigenvalue weighted by Gasteiger charge is -2.17. The Morgan fingerprint density at radius 3 is 2.68 bits per heavy atom. The van der Waals surface area contributed by atoms with E-state index in [2.05, 4.69) is 0 Å². The van der Waals surface area contributed by atoms with Crippen LogP contribution in [0, 0.1) is 0 Å². The van der Waals surface area contributed by atoms with E-state index in [0.29, 0.717) is 5.02 Å². The van der Waals surface area contributed by atoms with Crippen molar-refractivity contribution < 1.29 is 22.4 Å². The second-order valence-corrected chi connectivity index (χ2v) is 5.79. The van der Waals surface area contributed by atoms with Crippen molar-refractivity contribution in [1.82, 2.24) is 4.72 Å². The smallest absolute Gasteiger partial charge is 0.333 e. The summed E-state index contributed by atoms with van der Waals surface area (Å²) in [7, 11) is -4.26. The first kappa shape index (κ1) is 14.7. The molecule has 0 amide bonds. The fraction of sp³-hybridized carbons (Fsp3) is 0.455. The van der Waals surface area contributed by atoms with Crippen LogP contribution in [0.5, 0.6) is 0 Å². The molecule has 1 aromatic rings. The Kier molecular flexibility index (Phi) is 4.44. The Bertz CT molecular complexity index is 550. The van der Waals surface area contributed by atoms with Crippen LogP contribution < -0.4 is 4.72 Å². The molecule has 1 heterocycles. The normalized spacial score (nSPS) is 27.6. The molecule has 3 unspecified atom stereocenters. The van der Waals surface area contributed by atoms with Gasteiger partial charge in [-0.3, -0.25) is 4.55 Å². The molecule has 0 radical (unpaired) electrons. The van der Waals surface area contributed by atoms with Gasteiger partial charge in [0.15, 0.2) is 6.29 Å². The molecule has 6 nitrogen and oxygen atoms in total. The zero-order valence-electron chi connectivity index (χ0n) is 10.1. The van der Waals surface area contributed by atoms with Gasteiger partial charge in [0.25, 0.3) is 0 Å². The molecule has 1 fully saturated rings. The van der Waals surface area contributed by atoms with Crippen LogP contribution in [-0.2, 0) is 19.8 Å². The highest BCUT2D eigenvalue weighted by molar-refractivity contribution is 7.83. The monoisotopic (exact) mass is 307 g/mol. The SMILES string of the molecule is CC1OC(CNS(=O)(=O)O)C(c2ccccc2Cl)O1. The summed E-state index contributed by atoms with van der Waals surface area (Å²) in [5, 5.41) is 0.516. The van der Waals surface area contributed by atoms with E-state index in [9.17, 15) is 8.42 Å². The van der Waals surface area contributed by atoms with Gasteiger partial charge in [-0.15, -0.1) is 0 Å². The van der Waals surface area contributed by atoms with Crippen LogP contribution in [0.2, 0.25) is 5.02 Å². The maximum atomic E-state index is 10.7. The predicted molar refractivity (Wildman–Crippen MR) is 69.2 cm³/mol. The minimum atomic E-state index is -4.26. The number of ether oxygens (including phenoxy) is 2. The van der Waals surface area contributed by atoms with Gasteiger partial charge in [-0.05, 0) is 13.0 Å². The van der Waals surface area contributed by atoms with Crippen LogP contribution in [0.4, 0.5) is 0 Å². The van der Waals surface area contributed by atoms with E-state index in [1.807, 2.05) is 4.72 Å². The number of halogens is 1. The highest BCUT2D eigenvalue weighted by atomic mass is 35.5. The second kappa shape index (κ2) is 5.74. The molecule has 1 saturated heterocycles. The van der Waals surface area contributed by atoms with Gasteiger partial charge in [0.05, 0.1) is 0 Å². The summed E-state index contributed by atoms with van der Waals surface area (Å²) < 4.78 is 43.1. The van der Waals surface area contributed by atoms with Crippen molar-refractivity contribution in [2.24, 2.45) is 0 Å². The molecule has 0 bridgehead atoms. The zero-order valence-corrected chi connectivity index (χ0v) is 11.7. The molecule has 8 heteroatoms. The average Bonchev–Trinajstić information content (AvgIpc) is 2.67. The third-order valence-corrected chi connectivity index (χ3v) is 3.60. The Labute approximate surface area is 116 Å². The largest absolute Gasteiger partial charge is 0.345 e. The summed E-state index contributed by atoms with van der Waals surface area (Å²) in [6, 6.07) is 7.10. The number of benzene rings is 1. The van der Waals surface area contributed by atoms with E-state index in [4.69, 9.17) is 25.6 Å². The first-order chi connectivity index (χ1) is 8.87. The molecule has 19 heavy (non-hydrogen) atoms. The van der Waals surface area contributed by atoms with Gasteiger partial charge >= 0.3 is 10.3 Å². The lowest BCUT2D eigenvalue weighted by molar-refractivity contribution is -0.0505. The van der Waals surface area contributed by atoms with Gasteiger partial charge in [-0.25, -0.2) is 0 Å². The lowest BCUT2D eigenvalue weighted by atomic mass is 10.0. The third-order valence-electron chi connectivity index (χ3n) is 2.72. The molecule has 1 aromatic carbocycles. The Hall–Kier alpha value is -0.700. The molecule has 2 rings (SSSR count). The first-order valence-corrected chi connectivity index (χ1v) is 7.46. The first-order valence-electron chi connectivity index (χ1n) is 5.64. The van der Waals surface area contributed by atoms with Gasteiger partial charge in [0.2, 0.25) is 0 Å².